The SMILES string of the molecule is CCC#CC#CCC(=O)NCCCCC(C(=O)O)N(CC(=O)O)CC(=O)O. The lowest BCUT2D eigenvalue weighted by Crippen LogP contribution is -2.46. The minimum atomic E-state index is -1.31. The van der Waals surface area contributed by atoms with Crippen LogP contribution < -0.4 is 5.32 Å². The van der Waals surface area contributed by atoms with Gasteiger partial charge in [0.15, 0.2) is 0 Å². The Hall–Kier alpha value is -3.04. The van der Waals surface area contributed by atoms with E-state index in [1.807, 2.05) is 6.92 Å². The van der Waals surface area contributed by atoms with E-state index in [-0.39, 0.29) is 18.7 Å². The molecule has 0 aliphatic heterocycles. The number of carboxylic acids is 3. The smallest absolute Gasteiger partial charge is 0.320 e. The second-order valence-corrected chi connectivity index (χ2v) is 5.53. The third-order valence-corrected chi connectivity index (χ3v) is 3.29. The van der Waals surface area contributed by atoms with Crippen LogP contribution in [0.2, 0.25) is 0 Å². The summed E-state index contributed by atoms with van der Waals surface area (Å²) in [5.41, 5.74) is 0. The summed E-state index contributed by atoms with van der Waals surface area (Å²) in [7, 11) is 0. The average molecular weight is 380 g/mol. The second kappa shape index (κ2) is 14.2. The van der Waals surface area contributed by atoms with Gasteiger partial charge in [-0.1, -0.05) is 18.8 Å². The summed E-state index contributed by atoms with van der Waals surface area (Å²) < 4.78 is 0. The minimum absolute atomic E-state index is 0.0150. The van der Waals surface area contributed by atoms with Gasteiger partial charge in [-0.3, -0.25) is 24.1 Å². The van der Waals surface area contributed by atoms with E-state index >= 15 is 0 Å². The molecular formula is C18H24N2O7. The summed E-state index contributed by atoms with van der Waals surface area (Å²) >= 11 is 0. The summed E-state index contributed by atoms with van der Waals surface area (Å²) in [5.74, 6) is 6.34. The molecule has 0 radical (unpaired) electrons. The molecular weight excluding hydrogens is 356 g/mol. The topological polar surface area (TPSA) is 144 Å². The van der Waals surface area contributed by atoms with Gasteiger partial charge in [0.25, 0.3) is 0 Å². The highest BCUT2D eigenvalue weighted by Gasteiger charge is 2.28. The van der Waals surface area contributed by atoms with Gasteiger partial charge in [0, 0.05) is 13.0 Å². The number of unbranched alkanes of at least 4 members (excludes halogenated alkanes) is 1. The average Bonchev–Trinajstić information content (AvgIpc) is 2.56. The summed E-state index contributed by atoms with van der Waals surface area (Å²) in [6.07, 6.45) is 1.61. The fourth-order valence-corrected chi connectivity index (χ4v) is 2.14. The fraction of sp³-hybridized carbons (Fsp3) is 0.556. The third kappa shape index (κ3) is 12.9. The van der Waals surface area contributed by atoms with Gasteiger partial charge in [0.2, 0.25) is 5.91 Å². The van der Waals surface area contributed by atoms with Crippen LogP contribution in [0.15, 0.2) is 0 Å². The maximum absolute atomic E-state index is 11.5. The quantitative estimate of drug-likeness (QED) is 0.274. The maximum Gasteiger partial charge on any atom is 0.320 e. The Bertz CT molecular complexity index is 636. The van der Waals surface area contributed by atoms with Crippen molar-refractivity contribution in [3.63, 3.8) is 0 Å². The molecule has 0 spiro atoms. The highest BCUT2D eigenvalue weighted by atomic mass is 16.4. The number of hydrogen-bond acceptors (Lipinski definition) is 5. The van der Waals surface area contributed by atoms with Gasteiger partial charge >= 0.3 is 17.9 Å². The predicted octanol–water partition coefficient (Wildman–Crippen LogP) is 0.00420. The molecule has 0 saturated carbocycles. The zero-order valence-electron chi connectivity index (χ0n) is 15.2. The van der Waals surface area contributed by atoms with E-state index in [0.29, 0.717) is 25.8 Å². The van der Waals surface area contributed by atoms with Crippen LogP contribution in [0.1, 0.15) is 39.0 Å². The molecule has 9 nitrogen and oxygen atoms in total. The van der Waals surface area contributed by atoms with Crippen LogP contribution in [0.25, 0.3) is 0 Å². The first-order valence-electron chi connectivity index (χ1n) is 8.40. The van der Waals surface area contributed by atoms with Crippen molar-refractivity contribution >= 4 is 23.8 Å². The number of carbonyl (C=O) groups is 4. The summed E-state index contributed by atoms with van der Waals surface area (Å²) in [6.45, 7) is 0.837. The minimum Gasteiger partial charge on any atom is -0.480 e. The second-order valence-electron chi connectivity index (χ2n) is 5.53. The molecule has 0 aliphatic carbocycles. The molecule has 0 saturated heterocycles. The van der Waals surface area contributed by atoms with Gasteiger partial charge in [-0.2, -0.15) is 0 Å². The Kier molecular flexibility index (Phi) is 12.6. The van der Waals surface area contributed by atoms with E-state index in [1.54, 1.807) is 0 Å². The number of carbonyl (C=O) groups excluding carboxylic acids is 1. The maximum atomic E-state index is 11.5. The highest BCUT2D eigenvalue weighted by molar-refractivity contribution is 5.79. The largest absolute Gasteiger partial charge is 0.480 e. The molecule has 4 N–H and O–H groups in total. The van der Waals surface area contributed by atoms with E-state index < -0.39 is 37.0 Å². The summed E-state index contributed by atoms with van der Waals surface area (Å²) in [6, 6.07) is -1.23. The van der Waals surface area contributed by atoms with Gasteiger partial charge in [0.1, 0.15) is 6.04 Å². The third-order valence-electron chi connectivity index (χ3n) is 3.29. The zero-order valence-corrected chi connectivity index (χ0v) is 15.2. The number of nitrogens with one attached hydrogen (secondary N) is 1. The molecule has 1 amide bonds. The van der Waals surface area contributed by atoms with E-state index in [2.05, 4.69) is 29.0 Å². The Morgan fingerprint density at radius 2 is 1.56 bits per heavy atom. The predicted molar refractivity (Wildman–Crippen MR) is 95.6 cm³/mol. The van der Waals surface area contributed by atoms with E-state index in [4.69, 9.17) is 10.2 Å². The number of amides is 1. The number of rotatable bonds is 12. The molecule has 27 heavy (non-hydrogen) atoms. The van der Waals surface area contributed by atoms with E-state index in [1.165, 1.54) is 0 Å². The molecule has 0 bridgehead atoms. The molecule has 0 aromatic heterocycles. The van der Waals surface area contributed by atoms with Crippen LogP contribution in [0.4, 0.5) is 0 Å². The van der Waals surface area contributed by atoms with Crippen LogP contribution in [-0.4, -0.2) is 69.7 Å². The van der Waals surface area contributed by atoms with E-state index in [0.717, 1.165) is 4.90 Å². The number of hydrogen-bond donors (Lipinski definition) is 4. The van der Waals surface area contributed by atoms with Crippen molar-refractivity contribution in [1.82, 2.24) is 10.2 Å². The molecule has 0 rings (SSSR count). The molecule has 0 heterocycles. The molecule has 1 unspecified atom stereocenters. The van der Waals surface area contributed by atoms with Crippen molar-refractivity contribution < 1.29 is 34.5 Å². The molecule has 1 atom stereocenters. The number of aliphatic carboxylic acids is 3. The van der Waals surface area contributed by atoms with Crippen LogP contribution in [-0.2, 0) is 19.2 Å². The normalized spacial score (nSPS) is 10.7. The Morgan fingerprint density at radius 3 is 2.07 bits per heavy atom. The van der Waals surface area contributed by atoms with Crippen molar-refractivity contribution in [3.8, 4) is 23.7 Å². The lowest BCUT2D eigenvalue weighted by atomic mass is 10.1. The highest BCUT2D eigenvalue weighted by Crippen LogP contribution is 2.09. The molecule has 0 aliphatic rings. The Balaban J connectivity index is 4.36. The first kappa shape index (κ1) is 24.0. The van der Waals surface area contributed by atoms with Crippen molar-refractivity contribution in [2.45, 2.75) is 45.1 Å². The zero-order chi connectivity index (χ0) is 20.7. The number of nitrogens with zero attached hydrogens (tertiary/aromatic N) is 1. The van der Waals surface area contributed by atoms with Crippen LogP contribution >= 0.6 is 0 Å². The van der Waals surface area contributed by atoms with Gasteiger partial charge < -0.3 is 20.6 Å². The van der Waals surface area contributed by atoms with Gasteiger partial charge in [-0.05, 0) is 31.1 Å². The van der Waals surface area contributed by atoms with Crippen LogP contribution in [0, 0.1) is 23.7 Å². The first-order valence-corrected chi connectivity index (χ1v) is 8.40. The molecule has 0 aromatic carbocycles. The standard InChI is InChI=1S/C18H24N2O7/c1-2-3-4-5-6-10-15(21)19-11-8-7-9-14(18(26)27)20(12-16(22)23)13-17(24)25/h14H,2,7-13H2,1H3,(H,19,21)(H,22,23)(H,24,25)(H,26,27). The Morgan fingerprint density at radius 1 is 0.963 bits per heavy atom. The molecule has 148 valence electrons. The first-order chi connectivity index (χ1) is 12.8. The van der Waals surface area contributed by atoms with Gasteiger partial charge in [-0.25, -0.2) is 0 Å². The lowest BCUT2D eigenvalue weighted by molar-refractivity contribution is -0.149. The van der Waals surface area contributed by atoms with Gasteiger partial charge in [0.05, 0.1) is 19.5 Å². The van der Waals surface area contributed by atoms with Crippen LogP contribution in [0.5, 0.6) is 0 Å². The van der Waals surface area contributed by atoms with Crippen molar-refractivity contribution in [3.05, 3.63) is 0 Å². The van der Waals surface area contributed by atoms with Gasteiger partial charge in [-0.15, -0.1) is 0 Å². The van der Waals surface area contributed by atoms with Crippen molar-refractivity contribution in [2.75, 3.05) is 19.6 Å². The monoisotopic (exact) mass is 380 g/mol. The van der Waals surface area contributed by atoms with E-state index in [9.17, 15) is 24.3 Å². The fourth-order valence-electron chi connectivity index (χ4n) is 2.14. The number of carboxylic acid groups (broad SMARTS) is 3. The lowest BCUT2D eigenvalue weighted by Gasteiger charge is -2.25. The van der Waals surface area contributed by atoms with Crippen molar-refractivity contribution in [1.29, 1.82) is 0 Å². The van der Waals surface area contributed by atoms with Crippen molar-refractivity contribution in [2.24, 2.45) is 0 Å². The Labute approximate surface area is 157 Å². The van der Waals surface area contributed by atoms with Crippen LogP contribution in [0.3, 0.4) is 0 Å². The molecule has 0 aromatic rings. The molecule has 9 heteroatoms. The summed E-state index contributed by atoms with van der Waals surface area (Å²) in [5, 5.41) is 29.5. The molecule has 0 fully saturated rings. The summed E-state index contributed by atoms with van der Waals surface area (Å²) in [4.78, 5) is 45.4.